The molecule has 8 rings (SSSR count). The van der Waals surface area contributed by atoms with Crippen LogP contribution in [0.4, 0.5) is 0 Å². The van der Waals surface area contributed by atoms with E-state index in [-0.39, 0.29) is 0 Å². The third-order valence-electron chi connectivity index (χ3n) is 8.34. The van der Waals surface area contributed by atoms with Crippen molar-refractivity contribution in [2.45, 2.75) is 6.92 Å². The van der Waals surface area contributed by atoms with Gasteiger partial charge < -0.3 is 4.42 Å². The topological polar surface area (TPSA) is 38.9 Å². The van der Waals surface area contributed by atoms with Crippen LogP contribution in [0.15, 0.2) is 139 Å². The standard InChI is InChI=1S/C39H26N2O/c1-3-12-31(38-24(2)25-13-8-9-21-35(25)42-38)30-18-10-19-32-36(30)29-17-7-6-15-27(29)26-14-4-5-16-28(26)34-23-41-39-33(37(32)34)20-11-22-40-39/h3-23H,1H2,2H3/b27-26?,31-12-,34-28?,36-29?,37-32?. The van der Waals surface area contributed by atoms with Gasteiger partial charge >= 0.3 is 0 Å². The van der Waals surface area contributed by atoms with Crippen LogP contribution in [0, 0.1) is 6.92 Å². The van der Waals surface area contributed by atoms with Crippen LogP contribution in [0.5, 0.6) is 0 Å². The number of hydrogen-bond acceptors (Lipinski definition) is 3. The highest BCUT2D eigenvalue weighted by Gasteiger charge is 2.27. The van der Waals surface area contributed by atoms with Gasteiger partial charge in [0.1, 0.15) is 11.3 Å². The van der Waals surface area contributed by atoms with Gasteiger partial charge in [-0.3, -0.25) is 0 Å². The molecular formula is C39H26N2O. The highest BCUT2D eigenvalue weighted by molar-refractivity contribution is 6.12. The Morgan fingerprint density at radius 2 is 1.31 bits per heavy atom. The van der Waals surface area contributed by atoms with Crippen molar-refractivity contribution < 1.29 is 4.42 Å². The number of fused-ring (bicyclic) bond motifs is 11. The van der Waals surface area contributed by atoms with Crippen molar-refractivity contribution in [1.29, 1.82) is 0 Å². The average molecular weight is 539 g/mol. The molecule has 0 saturated carbocycles. The molecule has 0 radical (unpaired) electrons. The molecule has 0 unspecified atom stereocenters. The summed E-state index contributed by atoms with van der Waals surface area (Å²) >= 11 is 0. The number of rotatable bonds is 3. The Bertz CT molecular complexity index is 2230. The first kappa shape index (κ1) is 24.3. The quantitative estimate of drug-likeness (QED) is 0.210. The first-order valence-electron chi connectivity index (χ1n) is 14.1. The van der Waals surface area contributed by atoms with Crippen LogP contribution < -0.4 is 0 Å². The van der Waals surface area contributed by atoms with Gasteiger partial charge in [-0.1, -0.05) is 104 Å². The minimum Gasteiger partial charge on any atom is -0.456 e. The van der Waals surface area contributed by atoms with E-state index in [1.807, 2.05) is 30.5 Å². The summed E-state index contributed by atoms with van der Waals surface area (Å²) in [5, 5.41) is 2.14. The zero-order valence-electron chi connectivity index (χ0n) is 23.1. The number of hydrogen-bond donors (Lipinski definition) is 0. The first-order valence-corrected chi connectivity index (χ1v) is 14.1. The summed E-state index contributed by atoms with van der Waals surface area (Å²) < 4.78 is 6.56. The van der Waals surface area contributed by atoms with Crippen molar-refractivity contribution in [3.63, 3.8) is 0 Å². The van der Waals surface area contributed by atoms with Crippen LogP contribution in [0.3, 0.4) is 0 Å². The summed E-state index contributed by atoms with van der Waals surface area (Å²) in [7, 11) is 0. The van der Waals surface area contributed by atoms with Crippen LogP contribution >= 0.6 is 0 Å². The molecule has 42 heavy (non-hydrogen) atoms. The van der Waals surface area contributed by atoms with E-state index in [4.69, 9.17) is 9.40 Å². The lowest BCUT2D eigenvalue weighted by Crippen LogP contribution is -2.02. The van der Waals surface area contributed by atoms with Crippen molar-refractivity contribution in [3.05, 3.63) is 151 Å². The van der Waals surface area contributed by atoms with Crippen LogP contribution in [-0.4, -0.2) is 9.97 Å². The molecule has 0 bridgehead atoms. The first-order chi connectivity index (χ1) is 20.7. The molecule has 1 aliphatic rings. The van der Waals surface area contributed by atoms with Crippen LogP contribution in [0.2, 0.25) is 0 Å². The molecule has 0 saturated heterocycles. The highest BCUT2D eigenvalue weighted by atomic mass is 16.3. The molecule has 198 valence electrons. The maximum Gasteiger partial charge on any atom is 0.159 e. The maximum atomic E-state index is 6.56. The molecule has 7 aromatic rings. The lowest BCUT2D eigenvalue weighted by molar-refractivity contribution is 0.597. The summed E-state index contributed by atoms with van der Waals surface area (Å²) in [5.74, 6) is 0.853. The largest absolute Gasteiger partial charge is 0.456 e. The van der Waals surface area contributed by atoms with E-state index in [1.54, 1.807) is 6.20 Å². The Hall–Kier alpha value is -5.54. The normalized spacial score (nSPS) is 12.2. The van der Waals surface area contributed by atoms with Gasteiger partial charge in [0, 0.05) is 45.4 Å². The van der Waals surface area contributed by atoms with E-state index in [1.165, 1.54) is 16.7 Å². The molecule has 4 aromatic carbocycles. The fraction of sp³-hybridized carbons (Fsp3) is 0.0256. The molecule has 3 aromatic heterocycles. The van der Waals surface area contributed by atoms with Gasteiger partial charge in [-0.25, -0.2) is 9.97 Å². The molecule has 0 spiro atoms. The molecule has 3 heteroatoms. The molecule has 0 fully saturated rings. The Morgan fingerprint density at radius 3 is 2.10 bits per heavy atom. The van der Waals surface area contributed by atoms with E-state index in [9.17, 15) is 0 Å². The second-order valence-electron chi connectivity index (χ2n) is 10.6. The number of allylic oxidation sites excluding steroid dienone is 2. The van der Waals surface area contributed by atoms with Crippen molar-refractivity contribution in [1.82, 2.24) is 9.97 Å². The number of benzene rings is 4. The van der Waals surface area contributed by atoms with Gasteiger partial charge in [0.15, 0.2) is 5.65 Å². The lowest BCUT2D eigenvalue weighted by atomic mass is 9.77. The monoisotopic (exact) mass is 538 g/mol. The summed E-state index contributed by atoms with van der Waals surface area (Å²) in [6, 6.07) is 36.2. The van der Waals surface area contributed by atoms with Crippen LogP contribution in [-0.2, 0) is 0 Å². The van der Waals surface area contributed by atoms with Gasteiger partial charge in [0.2, 0.25) is 0 Å². The number of nitrogens with zero attached hydrogens (tertiary/aromatic N) is 2. The molecule has 1 aliphatic carbocycles. The predicted octanol–water partition coefficient (Wildman–Crippen LogP) is 10.3. The van der Waals surface area contributed by atoms with Gasteiger partial charge in [-0.05, 0) is 64.1 Å². The van der Waals surface area contributed by atoms with Crippen molar-refractivity contribution in [2.24, 2.45) is 0 Å². The van der Waals surface area contributed by atoms with Crippen molar-refractivity contribution >= 4 is 27.6 Å². The number of aromatic nitrogens is 2. The van der Waals surface area contributed by atoms with Crippen molar-refractivity contribution in [3.8, 4) is 44.5 Å². The Balaban J connectivity index is 1.55. The van der Waals surface area contributed by atoms with Gasteiger partial charge in [0.05, 0.1) is 0 Å². The number of aryl methyl sites for hydroxylation is 1. The third-order valence-corrected chi connectivity index (χ3v) is 8.34. The van der Waals surface area contributed by atoms with E-state index in [0.29, 0.717) is 0 Å². The average Bonchev–Trinajstić information content (AvgIpc) is 3.38. The Kier molecular flexibility index (Phi) is 5.51. The van der Waals surface area contributed by atoms with E-state index in [0.717, 1.165) is 72.3 Å². The smallest absolute Gasteiger partial charge is 0.159 e. The lowest BCUT2D eigenvalue weighted by Gasteiger charge is -2.26. The zero-order valence-corrected chi connectivity index (χ0v) is 23.1. The van der Waals surface area contributed by atoms with E-state index >= 15 is 0 Å². The Morgan fingerprint density at radius 1 is 0.643 bits per heavy atom. The third kappa shape index (κ3) is 3.54. The number of para-hydroxylation sites is 1. The molecule has 0 N–H and O–H groups in total. The van der Waals surface area contributed by atoms with Crippen molar-refractivity contribution in [2.75, 3.05) is 0 Å². The molecular weight excluding hydrogens is 512 g/mol. The molecule has 3 heterocycles. The summed E-state index contributed by atoms with van der Waals surface area (Å²) in [5.41, 5.74) is 14.0. The minimum absolute atomic E-state index is 0.730. The van der Waals surface area contributed by atoms with Gasteiger partial charge in [0.25, 0.3) is 0 Å². The second-order valence-corrected chi connectivity index (χ2v) is 10.6. The summed E-state index contributed by atoms with van der Waals surface area (Å²) in [6.45, 7) is 6.23. The summed E-state index contributed by atoms with van der Waals surface area (Å²) in [6.07, 6.45) is 7.71. The zero-order chi connectivity index (χ0) is 28.2. The SMILES string of the molecule is C=C/C=C(/c1cccc2c1-c1ccccc1-c1ccccc1-c1cnc3ncccc3c1-2)c1oc2ccccc2c1C. The van der Waals surface area contributed by atoms with Gasteiger partial charge in [-0.2, -0.15) is 0 Å². The maximum absolute atomic E-state index is 6.56. The van der Waals surface area contributed by atoms with Crippen LogP contribution in [0.25, 0.3) is 72.1 Å². The molecule has 0 amide bonds. The number of furan rings is 1. The molecule has 3 nitrogen and oxygen atoms in total. The van der Waals surface area contributed by atoms with E-state index in [2.05, 4.69) is 109 Å². The van der Waals surface area contributed by atoms with E-state index < -0.39 is 0 Å². The predicted molar refractivity (Wildman–Crippen MR) is 173 cm³/mol. The molecule has 0 aliphatic heterocycles. The highest BCUT2D eigenvalue weighted by Crippen LogP contribution is 2.51. The summed E-state index contributed by atoms with van der Waals surface area (Å²) in [4.78, 5) is 9.45. The fourth-order valence-corrected chi connectivity index (χ4v) is 6.53. The van der Waals surface area contributed by atoms with Gasteiger partial charge in [-0.15, -0.1) is 0 Å². The molecule has 0 atom stereocenters. The minimum atomic E-state index is 0.730. The fourth-order valence-electron chi connectivity index (χ4n) is 6.53. The van der Waals surface area contributed by atoms with Crippen LogP contribution in [0.1, 0.15) is 16.9 Å². The Labute approximate surface area is 244 Å². The second kappa shape index (κ2) is 9.53. The number of pyridine rings is 2.